The Kier molecular flexibility index (Phi) is 4.92. The Hall–Kier alpha value is -2.96. The van der Waals surface area contributed by atoms with E-state index in [9.17, 15) is 19.3 Å². The molecule has 0 bridgehead atoms. The summed E-state index contributed by atoms with van der Waals surface area (Å²) in [6.07, 6.45) is 3.52. The number of hydrogen-bond donors (Lipinski definition) is 1. The number of carbonyl (C=O) groups is 1. The second-order valence-corrected chi connectivity index (χ2v) is 5.97. The van der Waals surface area contributed by atoms with E-state index in [0.717, 1.165) is 49.8 Å². The van der Waals surface area contributed by atoms with Crippen molar-refractivity contribution < 1.29 is 14.1 Å². The van der Waals surface area contributed by atoms with Crippen molar-refractivity contribution in [3.05, 3.63) is 64.0 Å². The Morgan fingerprint density at radius 1 is 1.12 bits per heavy atom. The maximum Gasteiger partial charge on any atom is 0.272 e. The molecule has 1 aliphatic rings. The van der Waals surface area contributed by atoms with Gasteiger partial charge < -0.3 is 10.2 Å². The zero-order valence-electron chi connectivity index (χ0n) is 13.6. The van der Waals surface area contributed by atoms with Crippen molar-refractivity contribution in [2.75, 3.05) is 23.3 Å². The van der Waals surface area contributed by atoms with Crippen molar-refractivity contribution >= 4 is 23.0 Å². The molecule has 1 fully saturated rings. The minimum absolute atomic E-state index is 0.228. The lowest BCUT2D eigenvalue weighted by molar-refractivity contribution is -0.385. The molecule has 6 nitrogen and oxygen atoms in total. The third-order valence-corrected chi connectivity index (χ3v) is 4.23. The van der Waals surface area contributed by atoms with Gasteiger partial charge in [-0.05, 0) is 43.5 Å². The fourth-order valence-corrected chi connectivity index (χ4v) is 2.93. The standard InChI is InChI=1S/C18H18FN3O3/c19-17-12-15(22(24)25)7-8-16(17)18(23)20-13-5-4-6-14(11-13)21-9-2-1-3-10-21/h4-8,11-12H,1-3,9-10H2,(H,20,23). The Morgan fingerprint density at radius 2 is 1.88 bits per heavy atom. The zero-order chi connectivity index (χ0) is 17.8. The Balaban J connectivity index is 1.76. The molecule has 0 saturated carbocycles. The quantitative estimate of drug-likeness (QED) is 0.673. The number of halogens is 1. The van der Waals surface area contributed by atoms with Crippen molar-refractivity contribution in [1.82, 2.24) is 0 Å². The van der Waals surface area contributed by atoms with Gasteiger partial charge in [0, 0.05) is 30.5 Å². The van der Waals surface area contributed by atoms with Crippen molar-refractivity contribution in [2.24, 2.45) is 0 Å². The summed E-state index contributed by atoms with van der Waals surface area (Å²) in [7, 11) is 0. The minimum atomic E-state index is -0.918. The highest BCUT2D eigenvalue weighted by Gasteiger charge is 2.17. The SMILES string of the molecule is O=C(Nc1cccc(N2CCCCC2)c1)c1ccc([N+](=O)[O-])cc1F. The van der Waals surface area contributed by atoms with Crippen LogP contribution in [-0.2, 0) is 0 Å². The first-order chi connectivity index (χ1) is 12.0. The fraction of sp³-hybridized carbons (Fsp3) is 0.278. The van der Waals surface area contributed by atoms with E-state index >= 15 is 0 Å². The van der Waals surface area contributed by atoms with Crippen LogP contribution in [0.2, 0.25) is 0 Å². The first-order valence-corrected chi connectivity index (χ1v) is 8.15. The van der Waals surface area contributed by atoms with Gasteiger partial charge in [0.15, 0.2) is 0 Å². The molecule has 3 rings (SSSR count). The second-order valence-electron chi connectivity index (χ2n) is 5.97. The topological polar surface area (TPSA) is 75.5 Å². The third kappa shape index (κ3) is 3.93. The number of benzene rings is 2. The van der Waals surface area contributed by atoms with E-state index in [-0.39, 0.29) is 11.3 Å². The van der Waals surface area contributed by atoms with Crippen LogP contribution in [0.3, 0.4) is 0 Å². The van der Waals surface area contributed by atoms with Gasteiger partial charge in [0.1, 0.15) is 5.82 Å². The van der Waals surface area contributed by atoms with Crippen LogP contribution in [0.15, 0.2) is 42.5 Å². The molecule has 2 aromatic rings. The van der Waals surface area contributed by atoms with E-state index in [1.54, 1.807) is 6.07 Å². The first-order valence-electron chi connectivity index (χ1n) is 8.15. The molecule has 0 radical (unpaired) electrons. The summed E-state index contributed by atoms with van der Waals surface area (Å²) in [5.41, 5.74) is 0.961. The van der Waals surface area contributed by atoms with Gasteiger partial charge in [-0.25, -0.2) is 4.39 Å². The summed E-state index contributed by atoms with van der Waals surface area (Å²) >= 11 is 0. The Labute approximate surface area is 144 Å². The predicted octanol–water partition coefficient (Wildman–Crippen LogP) is 3.98. The van der Waals surface area contributed by atoms with Crippen LogP contribution in [0.5, 0.6) is 0 Å². The molecule has 0 aliphatic carbocycles. The molecular weight excluding hydrogens is 325 g/mol. The van der Waals surface area contributed by atoms with Crippen LogP contribution >= 0.6 is 0 Å². The molecule has 25 heavy (non-hydrogen) atoms. The summed E-state index contributed by atoms with van der Waals surface area (Å²) in [5.74, 6) is -1.55. The van der Waals surface area contributed by atoms with E-state index in [0.29, 0.717) is 5.69 Å². The molecule has 1 saturated heterocycles. The molecule has 0 atom stereocenters. The molecule has 1 heterocycles. The lowest BCUT2D eigenvalue weighted by atomic mass is 10.1. The summed E-state index contributed by atoms with van der Waals surface area (Å²) in [6.45, 7) is 1.96. The highest BCUT2D eigenvalue weighted by molar-refractivity contribution is 6.04. The highest BCUT2D eigenvalue weighted by atomic mass is 19.1. The van der Waals surface area contributed by atoms with Crippen LogP contribution in [0.1, 0.15) is 29.6 Å². The predicted molar refractivity (Wildman–Crippen MR) is 93.5 cm³/mol. The number of nitro groups is 1. The molecule has 1 aliphatic heterocycles. The smallest absolute Gasteiger partial charge is 0.272 e. The van der Waals surface area contributed by atoms with Gasteiger partial charge in [-0.3, -0.25) is 14.9 Å². The summed E-state index contributed by atoms with van der Waals surface area (Å²) in [5, 5.41) is 13.3. The number of piperidine rings is 1. The van der Waals surface area contributed by atoms with Gasteiger partial charge in [-0.2, -0.15) is 0 Å². The fourth-order valence-electron chi connectivity index (χ4n) is 2.93. The van der Waals surface area contributed by atoms with E-state index < -0.39 is 16.6 Å². The maximum absolute atomic E-state index is 14.0. The average molecular weight is 343 g/mol. The molecule has 7 heteroatoms. The third-order valence-electron chi connectivity index (χ3n) is 4.23. The first kappa shape index (κ1) is 16.9. The number of anilines is 2. The molecule has 2 aromatic carbocycles. The number of rotatable bonds is 4. The van der Waals surface area contributed by atoms with E-state index in [1.807, 2.05) is 18.2 Å². The number of hydrogen-bond acceptors (Lipinski definition) is 4. The number of non-ortho nitro benzene ring substituents is 1. The normalized spacial score (nSPS) is 14.2. The summed E-state index contributed by atoms with van der Waals surface area (Å²) in [4.78, 5) is 24.5. The van der Waals surface area contributed by atoms with Gasteiger partial charge in [0.25, 0.3) is 11.6 Å². The van der Waals surface area contributed by atoms with Gasteiger partial charge in [0.05, 0.1) is 16.6 Å². The number of carbonyl (C=O) groups excluding carboxylic acids is 1. The maximum atomic E-state index is 14.0. The average Bonchev–Trinajstić information content (AvgIpc) is 2.62. The number of nitrogens with one attached hydrogen (secondary N) is 1. The molecule has 0 aromatic heterocycles. The minimum Gasteiger partial charge on any atom is -0.371 e. The van der Waals surface area contributed by atoms with Crippen molar-refractivity contribution in [2.45, 2.75) is 19.3 Å². The summed E-state index contributed by atoms with van der Waals surface area (Å²) in [6, 6.07) is 10.4. The van der Waals surface area contributed by atoms with Crippen LogP contribution in [0.25, 0.3) is 0 Å². The molecule has 0 unspecified atom stereocenters. The van der Waals surface area contributed by atoms with Crippen LogP contribution in [0.4, 0.5) is 21.5 Å². The largest absolute Gasteiger partial charge is 0.371 e. The van der Waals surface area contributed by atoms with Gasteiger partial charge in [0.2, 0.25) is 0 Å². The number of nitrogens with zero attached hydrogens (tertiary/aromatic N) is 2. The van der Waals surface area contributed by atoms with Crippen LogP contribution < -0.4 is 10.2 Å². The lowest BCUT2D eigenvalue weighted by Gasteiger charge is -2.29. The van der Waals surface area contributed by atoms with Crippen LogP contribution in [0, 0.1) is 15.9 Å². The van der Waals surface area contributed by atoms with Gasteiger partial charge in [-0.1, -0.05) is 6.07 Å². The van der Waals surface area contributed by atoms with Gasteiger partial charge >= 0.3 is 0 Å². The molecular formula is C18H18FN3O3. The van der Waals surface area contributed by atoms with Gasteiger partial charge in [-0.15, -0.1) is 0 Å². The molecule has 1 N–H and O–H groups in total. The van der Waals surface area contributed by atoms with Crippen molar-refractivity contribution in [1.29, 1.82) is 0 Å². The highest BCUT2D eigenvalue weighted by Crippen LogP contribution is 2.24. The van der Waals surface area contributed by atoms with Crippen molar-refractivity contribution in [3.8, 4) is 0 Å². The molecule has 130 valence electrons. The lowest BCUT2D eigenvalue weighted by Crippen LogP contribution is -2.29. The molecule has 1 amide bonds. The van der Waals surface area contributed by atoms with E-state index in [1.165, 1.54) is 6.42 Å². The number of nitro benzene ring substituents is 1. The Bertz CT molecular complexity index is 804. The van der Waals surface area contributed by atoms with Crippen molar-refractivity contribution in [3.63, 3.8) is 0 Å². The number of amides is 1. The van der Waals surface area contributed by atoms with Crippen LogP contribution in [-0.4, -0.2) is 23.9 Å². The monoisotopic (exact) mass is 343 g/mol. The summed E-state index contributed by atoms with van der Waals surface area (Å²) < 4.78 is 14.0. The van der Waals surface area contributed by atoms with E-state index in [2.05, 4.69) is 10.2 Å². The second kappa shape index (κ2) is 7.29. The van der Waals surface area contributed by atoms with E-state index in [4.69, 9.17) is 0 Å². The molecule has 0 spiro atoms. The Morgan fingerprint density at radius 3 is 2.56 bits per heavy atom. The zero-order valence-corrected chi connectivity index (χ0v) is 13.6.